The maximum Gasteiger partial charge on any atom is 0.225 e. The van der Waals surface area contributed by atoms with Crippen molar-refractivity contribution in [3.05, 3.63) is 30.1 Å². The number of hydrogen-bond acceptors (Lipinski definition) is 3. The van der Waals surface area contributed by atoms with Gasteiger partial charge < -0.3 is 14.4 Å². The number of benzene rings is 1. The molecular formula is C21H28N4O2. The predicted octanol–water partition coefficient (Wildman–Crippen LogP) is 2.57. The van der Waals surface area contributed by atoms with Crippen molar-refractivity contribution in [3.63, 3.8) is 0 Å². The van der Waals surface area contributed by atoms with E-state index in [9.17, 15) is 9.59 Å². The highest BCUT2D eigenvalue weighted by Gasteiger charge is 2.34. The number of piperidine rings is 1. The topological polar surface area (TPSA) is 58.4 Å². The van der Waals surface area contributed by atoms with E-state index >= 15 is 0 Å². The third-order valence-electron chi connectivity index (χ3n) is 6.24. The standard InChI is InChI=1S/C21H28N4O2/c1-23(14-19-22-17-8-3-4-9-18(17)24(19)2)20(26)16-10-12-25(13-11-16)21(27)15-6-5-7-15/h3-4,8-9,15-16H,5-7,10-14H2,1-2H3. The number of likely N-dealkylation sites (tertiary alicyclic amines) is 1. The van der Waals surface area contributed by atoms with E-state index in [1.807, 2.05) is 43.3 Å². The molecule has 2 amide bonds. The van der Waals surface area contributed by atoms with Crippen LogP contribution < -0.4 is 0 Å². The Morgan fingerprint density at radius 3 is 2.44 bits per heavy atom. The van der Waals surface area contributed by atoms with Crippen LogP contribution >= 0.6 is 0 Å². The van der Waals surface area contributed by atoms with Crippen LogP contribution in [0.15, 0.2) is 24.3 Å². The summed E-state index contributed by atoms with van der Waals surface area (Å²) in [4.78, 5) is 33.7. The number of fused-ring (bicyclic) bond motifs is 1. The van der Waals surface area contributed by atoms with Crippen LogP contribution in [0.25, 0.3) is 11.0 Å². The molecule has 6 nitrogen and oxygen atoms in total. The van der Waals surface area contributed by atoms with Gasteiger partial charge in [-0.15, -0.1) is 0 Å². The van der Waals surface area contributed by atoms with Crippen molar-refractivity contribution in [1.29, 1.82) is 0 Å². The lowest BCUT2D eigenvalue weighted by Gasteiger charge is -2.37. The minimum absolute atomic E-state index is 0.00938. The number of amides is 2. The molecule has 0 atom stereocenters. The van der Waals surface area contributed by atoms with Crippen LogP contribution in [-0.4, -0.2) is 51.3 Å². The lowest BCUT2D eigenvalue weighted by atomic mass is 9.83. The summed E-state index contributed by atoms with van der Waals surface area (Å²) >= 11 is 0. The Labute approximate surface area is 160 Å². The third-order valence-corrected chi connectivity index (χ3v) is 6.24. The van der Waals surface area contributed by atoms with E-state index in [-0.39, 0.29) is 17.7 Å². The highest BCUT2D eigenvalue weighted by Crippen LogP contribution is 2.30. The Bertz CT molecular complexity index is 847. The number of aryl methyl sites for hydroxylation is 1. The van der Waals surface area contributed by atoms with Gasteiger partial charge in [-0.1, -0.05) is 18.6 Å². The molecule has 6 heteroatoms. The molecule has 2 fully saturated rings. The number of imidazole rings is 1. The molecule has 4 rings (SSSR count). The first-order valence-corrected chi connectivity index (χ1v) is 9.98. The number of aromatic nitrogens is 2. The smallest absolute Gasteiger partial charge is 0.225 e. The van der Waals surface area contributed by atoms with Crippen LogP contribution in [0.1, 0.15) is 37.9 Å². The molecule has 2 aliphatic rings. The van der Waals surface area contributed by atoms with Crippen molar-refractivity contribution in [2.45, 2.75) is 38.6 Å². The van der Waals surface area contributed by atoms with Gasteiger partial charge >= 0.3 is 0 Å². The Morgan fingerprint density at radius 2 is 1.81 bits per heavy atom. The zero-order chi connectivity index (χ0) is 19.0. The molecule has 1 saturated heterocycles. The fourth-order valence-corrected chi connectivity index (χ4v) is 4.20. The lowest BCUT2D eigenvalue weighted by Crippen LogP contribution is -2.46. The molecule has 144 valence electrons. The molecule has 27 heavy (non-hydrogen) atoms. The van der Waals surface area contributed by atoms with E-state index in [1.54, 1.807) is 4.90 Å². The molecule has 0 unspecified atom stereocenters. The quantitative estimate of drug-likeness (QED) is 0.833. The summed E-state index contributed by atoms with van der Waals surface area (Å²) in [5.74, 6) is 1.62. The Morgan fingerprint density at radius 1 is 1.11 bits per heavy atom. The maximum atomic E-state index is 12.9. The number of rotatable bonds is 4. The van der Waals surface area contributed by atoms with E-state index < -0.39 is 0 Å². The average molecular weight is 368 g/mol. The monoisotopic (exact) mass is 368 g/mol. The Kier molecular flexibility index (Phi) is 4.89. The van der Waals surface area contributed by atoms with Gasteiger partial charge in [-0.25, -0.2) is 4.98 Å². The van der Waals surface area contributed by atoms with E-state index in [4.69, 9.17) is 0 Å². The van der Waals surface area contributed by atoms with Gasteiger partial charge in [-0.2, -0.15) is 0 Å². The summed E-state index contributed by atoms with van der Waals surface area (Å²) in [6, 6.07) is 8.02. The summed E-state index contributed by atoms with van der Waals surface area (Å²) in [7, 11) is 3.85. The van der Waals surface area contributed by atoms with Crippen molar-refractivity contribution >= 4 is 22.8 Å². The second kappa shape index (κ2) is 7.33. The molecular weight excluding hydrogens is 340 g/mol. The van der Waals surface area contributed by atoms with E-state index in [0.29, 0.717) is 25.5 Å². The van der Waals surface area contributed by atoms with Gasteiger partial charge in [0, 0.05) is 39.0 Å². The Hall–Kier alpha value is -2.37. The molecule has 2 aromatic rings. The SMILES string of the molecule is CN(Cc1nc2ccccc2n1C)C(=O)C1CCN(C(=O)C2CCC2)CC1. The van der Waals surface area contributed by atoms with Crippen molar-refractivity contribution in [1.82, 2.24) is 19.4 Å². The van der Waals surface area contributed by atoms with Crippen LogP contribution in [0.5, 0.6) is 0 Å². The largest absolute Gasteiger partial charge is 0.342 e. The minimum atomic E-state index is 0.00938. The van der Waals surface area contributed by atoms with Gasteiger partial charge in [0.1, 0.15) is 5.82 Å². The zero-order valence-electron chi connectivity index (χ0n) is 16.2. The second-order valence-electron chi connectivity index (χ2n) is 8.00. The maximum absolute atomic E-state index is 12.9. The van der Waals surface area contributed by atoms with Gasteiger partial charge in [-0.05, 0) is 37.8 Å². The van der Waals surface area contributed by atoms with E-state index in [2.05, 4.69) is 9.55 Å². The molecule has 2 heterocycles. The predicted molar refractivity (Wildman–Crippen MR) is 104 cm³/mol. The number of nitrogens with zero attached hydrogens (tertiary/aromatic N) is 4. The highest BCUT2D eigenvalue weighted by molar-refractivity contribution is 5.81. The number of hydrogen-bond donors (Lipinski definition) is 0. The number of carbonyl (C=O) groups is 2. The molecule has 0 bridgehead atoms. The van der Waals surface area contributed by atoms with Gasteiger partial charge in [-0.3, -0.25) is 9.59 Å². The molecule has 1 aliphatic carbocycles. The van der Waals surface area contributed by atoms with Crippen LogP contribution in [0.3, 0.4) is 0 Å². The second-order valence-corrected chi connectivity index (χ2v) is 8.00. The third kappa shape index (κ3) is 3.45. The molecule has 0 spiro atoms. The summed E-state index contributed by atoms with van der Waals surface area (Å²) < 4.78 is 2.05. The van der Waals surface area contributed by atoms with E-state index in [1.165, 1.54) is 6.42 Å². The molecule has 1 aliphatic heterocycles. The minimum Gasteiger partial charge on any atom is -0.342 e. The van der Waals surface area contributed by atoms with Crippen LogP contribution in [0.4, 0.5) is 0 Å². The highest BCUT2D eigenvalue weighted by atomic mass is 16.2. The first-order valence-electron chi connectivity index (χ1n) is 9.98. The first-order chi connectivity index (χ1) is 13.0. The van der Waals surface area contributed by atoms with Gasteiger partial charge in [0.25, 0.3) is 0 Å². The first kappa shape index (κ1) is 18.0. The Balaban J connectivity index is 1.35. The fourth-order valence-electron chi connectivity index (χ4n) is 4.20. The summed E-state index contributed by atoms with van der Waals surface area (Å²) in [5.41, 5.74) is 2.04. The molecule has 0 N–H and O–H groups in total. The zero-order valence-corrected chi connectivity index (χ0v) is 16.2. The average Bonchev–Trinajstić information content (AvgIpc) is 2.95. The van der Waals surface area contributed by atoms with Gasteiger partial charge in [0.2, 0.25) is 11.8 Å². The lowest BCUT2D eigenvalue weighted by molar-refractivity contribution is -0.143. The number of para-hydroxylation sites is 2. The van der Waals surface area contributed by atoms with Crippen molar-refractivity contribution in [2.24, 2.45) is 18.9 Å². The van der Waals surface area contributed by atoms with Crippen LogP contribution in [0.2, 0.25) is 0 Å². The van der Waals surface area contributed by atoms with Gasteiger partial charge in [0.15, 0.2) is 0 Å². The van der Waals surface area contributed by atoms with E-state index in [0.717, 1.165) is 42.5 Å². The number of carbonyl (C=O) groups excluding carboxylic acids is 2. The normalized spacial score (nSPS) is 18.5. The van der Waals surface area contributed by atoms with Crippen LogP contribution in [-0.2, 0) is 23.2 Å². The van der Waals surface area contributed by atoms with Crippen LogP contribution in [0, 0.1) is 11.8 Å². The molecule has 1 saturated carbocycles. The van der Waals surface area contributed by atoms with Crippen molar-refractivity contribution in [3.8, 4) is 0 Å². The molecule has 1 aromatic carbocycles. The summed E-state index contributed by atoms with van der Waals surface area (Å²) in [6.45, 7) is 1.93. The van der Waals surface area contributed by atoms with Crippen molar-refractivity contribution in [2.75, 3.05) is 20.1 Å². The van der Waals surface area contributed by atoms with Gasteiger partial charge in [0.05, 0.1) is 17.6 Å². The summed E-state index contributed by atoms with van der Waals surface area (Å²) in [5, 5.41) is 0. The molecule has 1 aromatic heterocycles. The fraction of sp³-hybridized carbons (Fsp3) is 0.571. The molecule has 0 radical (unpaired) electrons. The summed E-state index contributed by atoms with van der Waals surface area (Å²) in [6.07, 6.45) is 4.80. The van der Waals surface area contributed by atoms with Crippen molar-refractivity contribution < 1.29 is 9.59 Å².